The highest BCUT2D eigenvalue weighted by molar-refractivity contribution is 9.11. The van der Waals surface area contributed by atoms with Gasteiger partial charge in [0.25, 0.3) is 0 Å². The summed E-state index contributed by atoms with van der Waals surface area (Å²) in [6, 6.07) is 5.89. The van der Waals surface area contributed by atoms with Gasteiger partial charge in [-0.3, -0.25) is 0 Å². The number of nitrogens with zero attached hydrogens (tertiary/aromatic N) is 2. The quantitative estimate of drug-likeness (QED) is 0.831. The molecule has 0 amide bonds. The number of thiophene rings is 1. The van der Waals surface area contributed by atoms with Crippen molar-refractivity contribution >= 4 is 33.1 Å². The molecule has 0 saturated carbocycles. The minimum atomic E-state index is 0.513. The minimum absolute atomic E-state index is 0.513. The summed E-state index contributed by atoms with van der Waals surface area (Å²) in [5, 5.41) is 3.30. The smallest absolute Gasteiger partial charge is 0.144 e. The summed E-state index contributed by atoms with van der Waals surface area (Å²) in [6.45, 7) is 1.56. The van der Waals surface area contributed by atoms with Crippen LogP contribution in [0.5, 0.6) is 0 Å². The lowest BCUT2D eigenvalue weighted by Crippen LogP contribution is -2.18. The van der Waals surface area contributed by atoms with E-state index in [-0.39, 0.29) is 0 Å². The molecule has 2 heterocycles. The van der Waals surface area contributed by atoms with Crippen LogP contribution in [0.3, 0.4) is 0 Å². The van der Waals surface area contributed by atoms with Crippen molar-refractivity contribution in [3.8, 4) is 0 Å². The van der Waals surface area contributed by atoms with Gasteiger partial charge in [-0.05, 0) is 40.5 Å². The van der Waals surface area contributed by atoms with Crippen molar-refractivity contribution in [2.24, 2.45) is 0 Å². The van der Waals surface area contributed by atoms with Crippen LogP contribution in [-0.2, 0) is 13.0 Å². The molecule has 0 aromatic carbocycles. The van der Waals surface area contributed by atoms with Crippen LogP contribution in [0.25, 0.3) is 0 Å². The molecule has 0 saturated heterocycles. The third-order valence-electron chi connectivity index (χ3n) is 2.19. The molecule has 2 rings (SSSR count). The van der Waals surface area contributed by atoms with E-state index in [0.29, 0.717) is 12.4 Å². The normalized spacial score (nSPS) is 10.6. The number of nitrogen functional groups attached to an aromatic ring is 1. The second-order valence-electron chi connectivity index (χ2n) is 3.53. The minimum Gasteiger partial charge on any atom is -0.384 e. The maximum absolute atomic E-state index is 5.57. The molecule has 6 heteroatoms. The van der Waals surface area contributed by atoms with Gasteiger partial charge >= 0.3 is 0 Å². The average molecular weight is 313 g/mol. The van der Waals surface area contributed by atoms with Gasteiger partial charge in [0.1, 0.15) is 11.6 Å². The molecule has 0 radical (unpaired) electrons. The number of nitrogens with two attached hydrogens (primary N) is 1. The van der Waals surface area contributed by atoms with Crippen LogP contribution in [0, 0.1) is 0 Å². The lowest BCUT2D eigenvalue weighted by Gasteiger charge is -2.03. The Bertz CT molecular complexity index is 486. The van der Waals surface area contributed by atoms with Crippen LogP contribution in [-0.4, -0.2) is 16.5 Å². The molecule has 0 aliphatic rings. The third kappa shape index (κ3) is 4.07. The SMILES string of the molecule is Nc1ccnc(CNCCc2ccc(Br)s2)n1. The van der Waals surface area contributed by atoms with Crippen molar-refractivity contribution in [2.75, 3.05) is 12.3 Å². The molecule has 4 nitrogen and oxygen atoms in total. The topological polar surface area (TPSA) is 63.8 Å². The fourth-order valence-electron chi connectivity index (χ4n) is 1.40. The van der Waals surface area contributed by atoms with E-state index >= 15 is 0 Å². The highest BCUT2D eigenvalue weighted by Crippen LogP contribution is 2.21. The Labute approximate surface area is 112 Å². The Morgan fingerprint density at radius 2 is 2.24 bits per heavy atom. The van der Waals surface area contributed by atoms with E-state index in [1.165, 1.54) is 8.66 Å². The molecule has 0 aliphatic heterocycles. The first-order valence-electron chi connectivity index (χ1n) is 5.26. The van der Waals surface area contributed by atoms with Gasteiger partial charge in [0.15, 0.2) is 0 Å². The zero-order valence-corrected chi connectivity index (χ0v) is 11.6. The fourth-order valence-corrected chi connectivity index (χ4v) is 2.88. The standard InChI is InChI=1S/C11H13BrN4S/c12-9-2-1-8(17-9)3-5-14-7-11-15-6-4-10(13)16-11/h1-2,4,6,14H,3,5,7H2,(H2,13,15,16). The van der Waals surface area contributed by atoms with Crippen LogP contribution in [0.15, 0.2) is 28.2 Å². The highest BCUT2D eigenvalue weighted by Gasteiger charge is 1.99. The van der Waals surface area contributed by atoms with Crippen LogP contribution in [0.1, 0.15) is 10.7 Å². The van der Waals surface area contributed by atoms with Crippen molar-refractivity contribution in [3.63, 3.8) is 0 Å². The predicted octanol–water partition coefficient (Wildman–Crippen LogP) is 2.22. The van der Waals surface area contributed by atoms with E-state index in [0.717, 1.165) is 18.8 Å². The summed E-state index contributed by atoms with van der Waals surface area (Å²) in [7, 11) is 0. The Hall–Kier alpha value is -0.980. The molecule has 17 heavy (non-hydrogen) atoms. The van der Waals surface area contributed by atoms with E-state index in [1.807, 2.05) is 0 Å². The zero-order valence-electron chi connectivity index (χ0n) is 9.19. The third-order valence-corrected chi connectivity index (χ3v) is 3.87. The number of anilines is 1. The molecular formula is C11H13BrN4S. The van der Waals surface area contributed by atoms with E-state index < -0.39 is 0 Å². The maximum Gasteiger partial charge on any atom is 0.144 e. The summed E-state index contributed by atoms with van der Waals surface area (Å²) >= 11 is 5.21. The summed E-state index contributed by atoms with van der Waals surface area (Å²) < 4.78 is 1.17. The largest absolute Gasteiger partial charge is 0.384 e. The predicted molar refractivity (Wildman–Crippen MR) is 73.9 cm³/mol. The molecule has 2 aromatic heterocycles. The fraction of sp³-hybridized carbons (Fsp3) is 0.273. The zero-order chi connectivity index (χ0) is 12.1. The van der Waals surface area contributed by atoms with Crippen molar-refractivity contribution in [1.82, 2.24) is 15.3 Å². The summed E-state index contributed by atoms with van der Waals surface area (Å²) in [5.74, 6) is 1.25. The lowest BCUT2D eigenvalue weighted by atomic mass is 10.3. The first kappa shape index (κ1) is 12.5. The van der Waals surface area contributed by atoms with E-state index in [1.54, 1.807) is 23.6 Å². The number of aromatic nitrogens is 2. The molecular weight excluding hydrogens is 300 g/mol. The molecule has 0 fully saturated rings. The Kier molecular flexibility index (Phi) is 4.47. The molecule has 90 valence electrons. The van der Waals surface area contributed by atoms with Crippen molar-refractivity contribution < 1.29 is 0 Å². The van der Waals surface area contributed by atoms with Crippen molar-refractivity contribution in [2.45, 2.75) is 13.0 Å². The first-order chi connectivity index (χ1) is 8.24. The molecule has 2 aromatic rings. The molecule has 0 unspecified atom stereocenters. The maximum atomic E-state index is 5.57. The summed E-state index contributed by atoms with van der Waals surface area (Å²) in [5.41, 5.74) is 5.57. The molecule has 3 N–H and O–H groups in total. The Balaban J connectivity index is 1.73. The number of nitrogens with one attached hydrogen (secondary N) is 1. The van der Waals surface area contributed by atoms with Crippen LogP contribution < -0.4 is 11.1 Å². The van der Waals surface area contributed by atoms with E-state index in [2.05, 4.69) is 43.3 Å². The first-order valence-corrected chi connectivity index (χ1v) is 6.87. The van der Waals surface area contributed by atoms with Crippen LogP contribution in [0.4, 0.5) is 5.82 Å². The van der Waals surface area contributed by atoms with Gasteiger partial charge in [0, 0.05) is 17.6 Å². The van der Waals surface area contributed by atoms with Crippen molar-refractivity contribution in [1.29, 1.82) is 0 Å². The molecule has 0 aliphatic carbocycles. The van der Waals surface area contributed by atoms with E-state index in [4.69, 9.17) is 5.73 Å². The van der Waals surface area contributed by atoms with Crippen LogP contribution in [0.2, 0.25) is 0 Å². The molecule has 0 bridgehead atoms. The molecule has 0 spiro atoms. The van der Waals surface area contributed by atoms with Gasteiger partial charge < -0.3 is 11.1 Å². The number of halogens is 1. The summed E-state index contributed by atoms with van der Waals surface area (Å²) in [4.78, 5) is 9.61. The average Bonchev–Trinajstić information content (AvgIpc) is 2.71. The number of hydrogen-bond acceptors (Lipinski definition) is 5. The van der Waals surface area contributed by atoms with Gasteiger partial charge in [-0.15, -0.1) is 11.3 Å². The van der Waals surface area contributed by atoms with Crippen LogP contribution >= 0.6 is 27.3 Å². The second kappa shape index (κ2) is 6.09. The molecule has 0 atom stereocenters. The lowest BCUT2D eigenvalue weighted by molar-refractivity contribution is 0.663. The number of rotatable bonds is 5. The van der Waals surface area contributed by atoms with E-state index in [9.17, 15) is 0 Å². The second-order valence-corrected chi connectivity index (χ2v) is 6.08. The van der Waals surface area contributed by atoms with Gasteiger partial charge in [-0.25, -0.2) is 9.97 Å². The Morgan fingerprint density at radius 3 is 2.94 bits per heavy atom. The van der Waals surface area contributed by atoms with Gasteiger partial charge in [0.05, 0.1) is 10.3 Å². The van der Waals surface area contributed by atoms with Gasteiger partial charge in [0.2, 0.25) is 0 Å². The Morgan fingerprint density at radius 1 is 1.35 bits per heavy atom. The van der Waals surface area contributed by atoms with Gasteiger partial charge in [-0.1, -0.05) is 0 Å². The monoisotopic (exact) mass is 312 g/mol. The number of hydrogen-bond donors (Lipinski definition) is 2. The highest BCUT2D eigenvalue weighted by atomic mass is 79.9. The summed E-state index contributed by atoms with van der Waals surface area (Å²) in [6.07, 6.45) is 2.69. The van der Waals surface area contributed by atoms with Crippen molar-refractivity contribution in [3.05, 3.63) is 38.9 Å². The van der Waals surface area contributed by atoms with Gasteiger partial charge in [-0.2, -0.15) is 0 Å².